The van der Waals surface area contributed by atoms with Gasteiger partial charge in [-0.15, -0.1) is 0 Å². The number of nitrogen functional groups attached to an aromatic ring is 1. The first-order chi connectivity index (χ1) is 8.17. The highest BCUT2D eigenvalue weighted by Gasteiger charge is 2.11. The van der Waals surface area contributed by atoms with Gasteiger partial charge in [-0.3, -0.25) is 0 Å². The molecule has 0 fully saturated rings. The van der Waals surface area contributed by atoms with E-state index in [1.807, 2.05) is 12.1 Å². The molecule has 0 aliphatic carbocycles. The van der Waals surface area contributed by atoms with Crippen LogP contribution in [-0.2, 0) is 11.3 Å². The van der Waals surface area contributed by atoms with E-state index < -0.39 is 0 Å². The molecule has 2 aromatic rings. The summed E-state index contributed by atoms with van der Waals surface area (Å²) in [6, 6.07) is 5.56. The summed E-state index contributed by atoms with van der Waals surface area (Å²) in [4.78, 5) is 4.50. The maximum Gasteiger partial charge on any atom is 0.130 e. The average Bonchev–Trinajstić information content (AvgIpc) is 2.31. The van der Waals surface area contributed by atoms with Crippen LogP contribution in [0.1, 0.15) is 5.69 Å². The van der Waals surface area contributed by atoms with Gasteiger partial charge >= 0.3 is 0 Å². The first-order valence-corrected chi connectivity index (χ1v) is 5.87. The molecule has 0 atom stereocenters. The van der Waals surface area contributed by atoms with Crippen molar-refractivity contribution in [1.82, 2.24) is 4.98 Å². The van der Waals surface area contributed by atoms with Crippen LogP contribution in [0.3, 0.4) is 0 Å². The molecule has 0 aliphatic rings. The fourth-order valence-electron chi connectivity index (χ4n) is 1.75. The summed E-state index contributed by atoms with van der Waals surface area (Å²) in [6.45, 7) is 0.434. The van der Waals surface area contributed by atoms with Gasteiger partial charge < -0.3 is 15.2 Å². The molecule has 0 bridgehead atoms. The number of rotatable bonds is 3. The van der Waals surface area contributed by atoms with Crippen LogP contribution in [0.4, 0.5) is 5.69 Å². The predicted octanol–water partition coefficient (Wildman–Crippen LogP) is 2.73. The van der Waals surface area contributed by atoms with Gasteiger partial charge in [-0.1, -0.05) is 0 Å². The Bertz CT molecular complexity index is 558. The van der Waals surface area contributed by atoms with Crippen LogP contribution in [0.25, 0.3) is 10.9 Å². The second-order valence-corrected chi connectivity index (χ2v) is 4.46. The first-order valence-electron chi connectivity index (χ1n) is 5.08. The normalized spacial score (nSPS) is 10.8. The van der Waals surface area contributed by atoms with Crippen LogP contribution in [0.2, 0.25) is 0 Å². The van der Waals surface area contributed by atoms with Crippen LogP contribution in [0.15, 0.2) is 22.7 Å². The molecular formula is C12H13BrN2O2. The zero-order chi connectivity index (χ0) is 12.4. The van der Waals surface area contributed by atoms with Crippen molar-refractivity contribution in [2.45, 2.75) is 6.61 Å². The Hall–Kier alpha value is -1.33. The van der Waals surface area contributed by atoms with Crippen LogP contribution in [0.5, 0.6) is 5.75 Å². The minimum Gasteiger partial charge on any atom is -0.496 e. The lowest BCUT2D eigenvalue weighted by molar-refractivity contribution is 0.182. The van der Waals surface area contributed by atoms with Crippen LogP contribution < -0.4 is 10.5 Å². The average molecular weight is 297 g/mol. The van der Waals surface area contributed by atoms with E-state index in [0.717, 1.165) is 26.8 Å². The number of halogens is 1. The van der Waals surface area contributed by atoms with Gasteiger partial charge in [0, 0.05) is 17.3 Å². The standard InChI is InChI=1S/C12H13BrN2O2/c1-16-6-7-5-9(14)11-10(17-2)4-3-8(13)12(11)15-7/h3-5H,6H2,1-2H3,(H2,14,15). The molecule has 2 N–H and O–H groups in total. The summed E-state index contributed by atoms with van der Waals surface area (Å²) in [5.41, 5.74) is 8.26. The van der Waals surface area contributed by atoms with E-state index >= 15 is 0 Å². The Morgan fingerprint density at radius 1 is 1.35 bits per heavy atom. The highest BCUT2D eigenvalue weighted by Crippen LogP contribution is 2.34. The molecule has 0 aliphatic heterocycles. The molecule has 90 valence electrons. The zero-order valence-corrected chi connectivity index (χ0v) is 11.2. The smallest absolute Gasteiger partial charge is 0.130 e. The zero-order valence-electron chi connectivity index (χ0n) is 9.66. The van der Waals surface area contributed by atoms with Gasteiger partial charge in [0.1, 0.15) is 5.75 Å². The van der Waals surface area contributed by atoms with Crippen LogP contribution in [0, 0.1) is 0 Å². The second-order valence-electron chi connectivity index (χ2n) is 3.61. The number of ether oxygens (including phenoxy) is 2. The lowest BCUT2D eigenvalue weighted by Crippen LogP contribution is -1.99. The summed E-state index contributed by atoms with van der Waals surface area (Å²) in [5, 5.41) is 0.821. The molecule has 2 rings (SSSR count). The number of nitrogens with two attached hydrogens (primary N) is 1. The largest absolute Gasteiger partial charge is 0.496 e. The van der Waals surface area contributed by atoms with E-state index in [-0.39, 0.29) is 0 Å². The Labute approximate surface area is 108 Å². The minimum atomic E-state index is 0.434. The number of aromatic nitrogens is 1. The molecule has 1 heterocycles. The van der Waals surface area contributed by atoms with Gasteiger partial charge in [-0.2, -0.15) is 0 Å². The summed E-state index contributed by atoms with van der Waals surface area (Å²) >= 11 is 3.47. The fourth-order valence-corrected chi connectivity index (χ4v) is 2.17. The van der Waals surface area contributed by atoms with Gasteiger partial charge in [0.2, 0.25) is 0 Å². The number of methoxy groups -OCH3 is 2. The molecule has 17 heavy (non-hydrogen) atoms. The molecule has 5 heteroatoms. The molecule has 1 aromatic carbocycles. The van der Waals surface area contributed by atoms with Crippen molar-refractivity contribution in [1.29, 1.82) is 0 Å². The van der Waals surface area contributed by atoms with Crippen LogP contribution in [-0.4, -0.2) is 19.2 Å². The number of nitrogens with zero attached hydrogens (tertiary/aromatic N) is 1. The maximum absolute atomic E-state index is 6.04. The third kappa shape index (κ3) is 2.21. The Balaban J connectivity index is 2.74. The van der Waals surface area contributed by atoms with E-state index in [9.17, 15) is 0 Å². The van der Waals surface area contributed by atoms with Crippen molar-refractivity contribution in [2.75, 3.05) is 20.0 Å². The molecule has 0 radical (unpaired) electrons. The fraction of sp³-hybridized carbons (Fsp3) is 0.250. The van der Waals surface area contributed by atoms with Gasteiger partial charge in [-0.25, -0.2) is 4.98 Å². The number of pyridine rings is 1. The topological polar surface area (TPSA) is 57.4 Å². The van der Waals surface area contributed by atoms with Gasteiger partial charge in [0.25, 0.3) is 0 Å². The Kier molecular flexibility index (Phi) is 3.49. The summed E-state index contributed by atoms with van der Waals surface area (Å²) < 4.78 is 11.2. The SMILES string of the molecule is COCc1cc(N)c2c(OC)ccc(Br)c2n1. The lowest BCUT2D eigenvalue weighted by atomic mass is 10.1. The monoisotopic (exact) mass is 296 g/mol. The molecule has 0 saturated heterocycles. The molecule has 4 nitrogen and oxygen atoms in total. The molecule has 0 spiro atoms. The molecule has 0 unspecified atom stereocenters. The Morgan fingerprint density at radius 2 is 2.12 bits per heavy atom. The van der Waals surface area contributed by atoms with Crippen molar-refractivity contribution in [2.24, 2.45) is 0 Å². The molecule has 1 aromatic heterocycles. The third-order valence-electron chi connectivity index (χ3n) is 2.47. The van der Waals surface area contributed by atoms with E-state index in [1.54, 1.807) is 20.3 Å². The van der Waals surface area contributed by atoms with E-state index in [4.69, 9.17) is 15.2 Å². The van der Waals surface area contributed by atoms with E-state index in [2.05, 4.69) is 20.9 Å². The summed E-state index contributed by atoms with van der Waals surface area (Å²) in [5.74, 6) is 0.720. The molecule has 0 amide bonds. The van der Waals surface area contributed by atoms with E-state index in [0.29, 0.717) is 12.3 Å². The molecular weight excluding hydrogens is 284 g/mol. The quantitative estimate of drug-likeness (QED) is 0.946. The number of benzene rings is 1. The van der Waals surface area contributed by atoms with Crippen molar-refractivity contribution >= 4 is 32.5 Å². The number of anilines is 1. The third-order valence-corrected chi connectivity index (χ3v) is 3.11. The predicted molar refractivity (Wildman–Crippen MR) is 71.1 cm³/mol. The highest BCUT2D eigenvalue weighted by atomic mass is 79.9. The summed E-state index contributed by atoms with van der Waals surface area (Å²) in [7, 11) is 3.24. The van der Waals surface area contributed by atoms with Gasteiger partial charge in [0.05, 0.1) is 30.3 Å². The Morgan fingerprint density at radius 3 is 2.76 bits per heavy atom. The number of hydrogen-bond acceptors (Lipinski definition) is 4. The van der Waals surface area contributed by atoms with Crippen molar-refractivity contribution in [3.8, 4) is 5.75 Å². The van der Waals surface area contributed by atoms with Gasteiger partial charge in [-0.05, 0) is 34.1 Å². The first kappa shape index (κ1) is 12.1. The van der Waals surface area contributed by atoms with Gasteiger partial charge in [0.15, 0.2) is 0 Å². The second kappa shape index (κ2) is 4.89. The van der Waals surface area contributed by atoms with Crippen molar-refractivity contribution in [3.05, 3.63) is 28.4 Å². The maximum atomic E-state index is 6.04. The van der Waals surface area contributed by atoms with Crippen molar-refractivity contribution in [3.63, 3.8) is 0 Å². The van der Waals surface area contributed by atoms with Crippen LogP contribution >= 0.6 is 15.9 Å². The number of hydrogen-bond donors (Lipinski definition) is 1. The van der Waals surface area contributed by atoms with Crippen molar-refractivity contribution < 1.29 is 9.47 Å². The van der Waals surface area contributed by atoms with E-state index in [1.165, 1.54) is 0 Å². The minimum absolute atomic E-state index is 0.434. The number of fused-ring (bicyclic) bond motifs is 1. The highest BCUT2D eigenvalue weighted by molar-refractivity contribution is 9.10. The molecule has 0 saturated carbocycles. The lowest BCUT2D eigenvalue weighted by Gasteiger charge is -2.10. The summed E-state index contributed by atoms with van der Waals surface area (Å²) in [6.07, 6.45) is 0.